The van der Waals surface area contributed by atoms with Gasteiger partial charge in [0, 0.05) is 13.7 Å². The fourth-order valence-corrected chi connectivity index (χ4v) is 3.05. The van der Waals surface area contributed by atoms with Crippen LogP contribution in [0.4, 0.5) is 0 Å². The molecule has 0 saturated carbocycles. The van der Waals surface area contributed by atoms with Crippen molar-refractivity contribution in [2.24, 2.45) is 0 Å². The van der Waals surface area contributed by atoms with E-state index in [-0.39, 0.29) is 12.4 Å². The van der Waals surface area contributed by atoms with E-state index in [0.717, 1.165) is 31.2 Å². The average Bonchev–Trinajstić information content (AvgIpc) is 3.38. The summed E-state index contributed by atoms with van der Waals surface area (Å²) in [6.45, 7) is 9.59. The second kappa shape index (κ2) is 14.2. The van der Waals surface area contributed by atoms with Crippen LogP contribution < -0.4 is 0 Å². The van der Waals surface area contributed by atoms with E-state index in [1.54, 1.807) is 18.4 Å². The highest BCUT2D eigenvalue weighted by molar-refractivity contribution is 7.08. The SMILES string of the molecule is CCN(CC=CC#CC(C)(C)OC)Cc1ccc(COCC=Cc2ccsc2)o1.Cl. The Morgan fingerprint density at radius 2 is 2.00 bits per heavy atom. The third kappa shape index (κ3) is 10.3. The van der Waals surface area contributed by atoms with E-state index < -0.39 is 5.60 Å². The topological polar surface area (TPSA) is 34.8 Å². The van der Waals surface area contributed by atoms with E-state index in [2.05, 4.69) is 52.6 Å². The van der Waals surface area contributed by atoms with Crippen molar-refractivity contribution in [2.75, 3.05) is 26.8 Å². The summed E-state index contributed by atoms with van der Waals surface area (Å²) in [5.41, 5.74) is 0.794. The summed E-state index contributed by atoms with van der Waals surface area (Å²) < 4.78 is 16.8. The predicted octanol–water partition coefficient (Wildman–Crippen LogP) is 5.80. The molecule has 0 radical (unpaired) electrons. The van der Waals surface area contributed by atoms with Crippen LogP contribution in [0.2, 0.25) is 0 Å². The van der Waals surface area contributed by atoms with Crippen LogP contribution in [0.3, 0.4) is 0 Å². The quantitative estimate of drug-likeness (QED) is 0.321. The zero-order valence-corrected chi connectivity index (χ0v) is 19.9. The molecule has 2 rings (SSSR count). The van der Waals surface area contributed by atoms with Crippen molar-refractivity contribution in [1.29, 1.82) is 0 Å². The first-order chi connectivity index (χ1) is 14.0. The molecule has 4 nitrogen and oxygen atoms in total. The van der Waals surface area contributed by atoms with Gasteiger partial charge in [0.25, 0.3) is 0 Å². The van der Waals surface area contributed by atoms with Crippen molar-refractivity contribution in [3.05, 3.63) is 64.3 Å². The lowest BCUT2D eigenvalue weighted by Gasteiger charge is -2.16. The Balaban J connectivity index is 0.00000450. The van der Waals surface area contributed by atoms with E-state index in [0.29, 0.717) is 13.2 Å². The fourth-order valence-electron chi connectivity index (χ4n) is 2.42. The molecule has 0 aliphatic carbocycles. The van der Waals surface area contributed by atoms with Crippen LogP contribution in [-0.4, -0.2) is 37.3 Å². The largest absolute Gasteiger partial charge is 0.462 e. The molecule has 2 aromatic heterocycles. The summed E-state index contributed by atoms with van der Waals surface area (Å²) >= 11 is 1.69. The van der Waals surface area contributed by atoms with Crippen LogP contribution in [0.1, 0.15) is 37.9 Å². The van der Waals surface area contributed by atoms with E-state index in [1.807, 2.05) is 38.1 Å². The highest BCUT2D eigenvalue weighted by Crippen LogP contribution is 2.12. The summed E-state index contributed by atoms with van der Waals surface area (Å²) in [6.07, 6.45) is 8.04. The first-order valence-corrected chi connectivity index (χ1v) is 10.8. The first-order valence-electron chi connectivity index (χ1n) is 9.81. The van der Waals surface area contributed by atoms with Crippen molar-refractivity contribution in [3.8, 4) is 11.8 Å². The number of methoxy groups -OCH3 is 1. The number of halogens is 1. The molecule has 0 spiro atoms. The Hall–Kier alpha value is -1.81. The second-order valence-corrected chi connectivity index (χ2v) is 7.84. The van der Waals surface area contributed by atoms with Crippen molar-refractivity contribution in [3.63, 3.8) is 0 Å². The van der Waals surface area contributed by atoms with Crippen molar-refractivity contribution in [2.45, 2.75) is 39.5 Å². The van der Waals surface area contributed by atoms with E-state index in [1.165, 1.54) is 5.56 Å². The molecule has 0 N–H and O–H groups in total. The summed E-state index contributed by atoms with van der Waals surface area (Å²) in [4.78, 5) is 2.28. The number of hydrogen-bond donors (Lipinski definition) is 0. The van der Waals surface area contributed by atoms with Crippen LogP contribution in [0, 0.1) is 11.8 Å². The lowest BCUT2D eigenvalue weighted by atomic mass is 10.1. The van der Waals surface area contributed by atoms with Crippen molar-refractivity contribution < 1.29 is 13.9 Å². The number of thiophene rings is 1. The number of ether oxygens (including phenoxy) is 2. The van der Waals surface area contributed by atoms with Gasteiger partial charge in [0.1, 0.15) is 23.7 Å². The molecule has 0 aromatic carbocycles. The smallest absolute Gasteiger partial charge is 0.129 e. The Morgan fingerprint density at radius 1 is 1.20 bits per heavy atom. The Kier molecular flexibility index (Phi) is 12.4. The monoisotopic (exact) mass is 449 g/mol. The summed E-state index contributed by atoms with van der Waals surface area (Å²) in [5.74, 6) is 7.91. The number of likely N-dealkylation sites (N-methyl/N-ethyl adjacent to an activating group) is 1. The number of hydrogen-bond acceptors (Lipinski definition) is 5. The molecule has 0 bridgehead atoms. The van der Waals surface area contributed by atoms with Crippen molar-refractivity contribution in [1.82, 2.24) is 4.90 Å². The van der Waals surface area contributed by atoms with Gasteiger partial charge in [-0.2, -0.15) is 11.3 Å². The van der Waals surface area contributed by atoms with Gasteiger partial charge in [-0.1, -0.05) is 37.0 Å². The zero-order chi connectivity index (χ0) is 21.0. The molecule has 0 amide bonds. The Bertz CT molecular complexity index is 828. The van der Waals surface area contributed by atoms with E-state index in [4.69, 9.17) is 13.9 Å². The molecule has 0 unspecified atom stereocenters. The molecule has 2 aromatic rings. The van der Waals surface area contributed by atoms with Gasteiger partial charge < -0.3 is 13.9 Å². The summed E-state index contributed by atoms with van der Waals surface area (Å²) in [6, 6.07) is 6.09. The fraction of sp³-hybridized carbons (Fsp3) is 0.417. The normalized spacial score (nSPS) is 11.8. The highest BCUT2D eigenvalue weighted by Gasteiger charge is 2.10. The van der Waals surface area contributed by atoms with Gasteiger partial charge in [0.2, 0.25) is 0 Å². The zero-order valence-electron chi connectivity index (χ0n) is 18.2. The third-order valence-electron chi connectivity index (χ3n) is 4.30. The van der Waals surface area contributed by atoms with Gasteiger partial charge in [0.15, 0.2) is 0 Å². The number of furan rings is 1. The van der Waals surface area contributed by atoms with Crippen molar-refractivity contribution >= 4 is 29.8 Å². The van der Waals surface area contributed by atoms with Gasteiger partial charge in [0.05, 0.1) is 13.2 Å². The predicted molar refractivity (Wildman–Crippen MR) is 128 cm³/mol. The molecule has 30 heavy (non-hydrogen) atoms. The molecule has 0 aliphatic rings. The third-order valence-corrected chi connectivity index (χ3v) is 5.01. The Labute approximate surface area is 191 Å². The highest BCUT2D eigenvalue weighted by atomic mass is 35.5. The molecular weight excluding hydrogens is 418 g/mol. The maximum absolute atomic E-state index is 5.90. The van der Waals surface area contributed by atoms with E-state index >= 15 is 0 Å². The molecule has 0 atom stereocenters. The van der Waals surface area contributed by atoms with Crippen LogP contribution in [0.5, 0.6) is 0 Å². The second-order valence-electron chi connectivity index (χ2n) is 7.06. The lowest BCUT2D eigenvalue weighted by molar-refractivity contribution is 0.0742. The average molecular weight is 450 g/mol. The van der Waals surface area contributed by atoms with Gasteiger partial charge in [-0.3, -0.25) is 4.90 Å². The number of allylic oxidation sites excluding steroid dienone is 1. The van der Waals surface area contributed by atoms with Crippen LogP contribution in [-0.2, 0) is 22.6 Å². The summed E-state index contributed by atoms with van der Waals surface area (Å²) in [7, 11) is 1.67. The van der Waals surface area contributed by atoms with Crippen LogP contribution >= 0.6 is 23.7 Å². The Morgan fingerprint density at radius 3 is 2.70 bits per heavy atom. The van der Waals surface area contributed by atoms with Gasteiger partial charge >= 0.3 is 0 Å². The molecule has 0 aliphatic heterocycles. The minimum atomic E-state index is -0.416. The molecule has 0 fully saturated rings. The first kappa shape index (κ1) is 26.2. The minimum absolute atomic E-state index is 0. The van der Waals surface area contributed by atoms with Crippen LogP contribution in [0.15, 0.2) is 51.6 Å². The number of nitrogens with zero attached hydrogens (tertiary/aromatic N) is 1. The maximum atomic E-state index is 5.90. The molecule has 6 heteroatoms. The lowest BCUT2D eigenvalue weighted by Crippen LogP contribution is -2.22. The van der Waals surface area contributed by atoms with Gasteiger partial charge in [-0.15, -0.1) is 12.4 Å². The summed E-state index contributed by atoms with van der Waals surface area (Å²) in [5, 5.41) is 4.17. The van der Waals surface area contributed by atoms with Gasteiger partial charge in [-0.25, -0.2) is 0 Å². The molecule has 2 heterocycles. The molecule has 0 saturated heterocycles. The molecular formula is C24H32ClNO3S. The van der Waals surface area contributed by atoms with Gasteiger partial charge in [-0.05, 0) is 61.0 Å². The van der Waals surface area contributed by atoms with Crippen LogP contribution in [0.25, 0.3) is 6.08 Å². The standard InChI is InChI=1S/C24H31NO3S.ClH/c1-5-25(15-8-6-7-14-24(2,3)26-4)18-22-11-12-23(28-22)19-27-16-9-10-21-13-17-29-20-21;/h6,8-13,17,20H,5,15-16,18-19H2,1-4H3;1H. The maximum Gasteiger partial charge on any atom is 0.129 e. The molecule has 164 valence electrons. The number of rotatable bonds is 11. The van der Waals surface area contributed by atoms with E-state index in [9.17, 15) is 0 Å². The minimum Gasteiger partial charge on any atom is -0.462 e.